The molecule has 1 unspecified atom stereocenters. The van der Waals surface area contributed by atoms with Gasteiger partial charge in [0.1, 0.15) is 11.3 Å². The highest BCUT2D eigenvalue weighted by Crippen LogP contribution is 2.33. The minimum atomic E-state index is -0.126. The smallest absolute Gasteiger partial charge is 0.322 e. The average molecular weight is 337 g/mol. The predicted octanol–water partition coefficient (Wildman–Crippen LogP) is 3.04. The van der Waals surface area contributed by atoms with Crippen molar-refractivity contribution in [3.63, 3.8) is 0 Å². The fraction of sp³-hybridized carbons (Fsp3) is 0.278. The summed E-state index contributed by atoms with van der Waals surface area (Å²) >= 11 is 0. The van der Waals surface area contributed by atoms with Crippen LogP contribution in [0.15, 0.2) is 42.5 Å². The number of aryl methyl sites for hydroxylation is 1. The highest BCUT2D eigenvalue weighted by molar-refractivity contribution is 5.92. The lowest BCUT2D eigenvalue weighted by molar-refractivity contribution is 0.207. The van der Waals surface area contributed by atoms with Gasteiger partial charge in [-0.1, -0.05) is 17.3 Å². The van der Waals surface area contributed by atoms with Gasteiger partial charge in [0.2, 0.25) is 0 Å². The van der Waals surface area contributed by atoms with Crippen molar-refractivity contribution in [1.29, 1.82) is 0 Å². The number of nitrogens with one attached hydrogen (secondary N) is 1. The normalized spacial score (nSPS) is 17.2. The summed E-state index contributed by atoms with van der Waals surface area (Å²) in [6.07, 6.45) is 1.88. The van der Waals surface area contributed by atoms with Crippen molar-refractivity contribution >= 4 is 22.8 Å². The maximum atomic E-state index is 12.7. The second-order valence-corrected chi connectivity index (χ2v) is 6.29. The first-order valence-electron chi connectivity index (χ1n) is 8.28. The van der Waals surface area contributed by atoms with Gasteiger partial charge in [0, 0.05) is 19.3 Å². The number of urea groups is 1. The van der Waals surface area contributed by atoms with E-state index >= 15 is 0 Å². The third-order valence-electron chi connectivity index (χ3n) is 4.65. The highest BCUT2D eigenvalue weighted by Gasteiger charge is 2.30. The molecule has 1 saturated heterocycles. The average Bonchev–Trinajstić information content (AvgIpc) is 3.23. The number of carbonyl (C=O) groups is 1. The van der Waals surface area contributed by atoms with Crippen LogP contribution in [0.5, 0.6) is 5.75 Å². The Hall–Kier alpha value is -3.09. The van der Waals surface area contributed by atoms with Crippen LogP contribution in [0.25, 0.3) is 11.0 Å². The summed E-state index contributed by atoms with van der Waals surface area (Å²) in [7, 11) is 1.83. The zero-order chi connectivity index (χ0) is 17.4. The minimum absolute atomic E-state index is 0.0286. The number of hydrogen-bond donors (Lipinski definition) is 2. The van der Waals surface area contributed by atoms with Gasteiger partial charge >= 0.3 is 6.03 Å². The molecule has 2 aromatic carbocycles. The van der Waals surface area contributed by atoms with Crippen molar-refractivity contribution in [2.75, 3.05) is 11.9 Å². The fourth-order valence-electron chi connectivity index (χ4n) is 3.37. The largest absolute Gasteiger partial charge is 0.508 e. The quantitative estimate of drug-likeness (QED) is 0.753. The third-order valence-corrected chi connectivity index (χ3v) is 4.65. The number of rotatable bonds is 2. The van der Waals surface area contributed by atoms with E-state index in [2.05, 4.69) is 15.6 Å². The Kier molecular flexibility index (Phi) is 3.76. The molecule has 1 fully saturated rings. The van der Waals surface area contributed by atoms with Crippen LogP contribution in [-0.2, 0) is 7.05 Å². The highest BCUT2D eigenvalue weighted by atomic mass is 16.3. The molecule has 2 heterocycles. The van der Waals surface area contributed by atoms with Crippen LogP contribution in [0, 0.1) is 0 Å². The Morgan fingerprint density at radius 2 is 2.04 bits per heavy atom. The Balaban J connectivity index is 1.53. The van der Waals surface area contributed by atoms with Crippen molar-refractivity contribution in [2.45, 2.75) is 18.9 Å². The van der Waals surface area contributed by atoms with Crippen molar-refractivity contribution in [2.24, 2.45) is 7.05 Å². The molecule has 4 rings (SSSR count). The number of hydrogen-bond acceptors (Lipinski definition) is 4. The SMILES string of the molecule is Cn1nnc2cc(NC(=O)N3CCCC3c3ccc(O)cc3)ccc21. The second-order valence-electron chi connectivity index (χ2n) is 6.29. The molecular weight excluding hydrogens is 318 g/mol. The standard InChI is InChI=1S/C18H19N5O2/c1-22-17-9-6-13(11-15(17)20-21-22)19-18(25)23-10-2-3-16(23)12-4-7-14(24)8-5-12/h4-9,11,16,24H,2-3,10H2,1H3,(H,19,25). The monoisotopic (exact) mass is 337 g/mol. The van der Waals surface area contributed by atoms with E-state index in [9.17, 15) is 9.90 Å². The summed E-state index contributed by atoms with van der Waals surface area (Å²) < 4.78 is 1.70. The molecule has 128 valence electrons. The Morgan fingerprint density at radius 1 is 1.24 bits per heavy atom. The first-order chi connectivity index (χ1) is 12.1. The molecule has 0 bridgehead atoms. The van der Waals surface area contributed by atoms with Crippen LogP contribution in [0.4, 0.5) is 10.5 Å². The lowest BCUT2D eigenvalue weighted by Gasteiger charge is -2.25. The van der Waals surface area contributed by atoms with E-state index in [1.807, 2.05) is 42.3 Å². The van der Waals surface area contributed by atoms with Crippen LogP contribution in [0.2, 0.25) is 0 Å². The van der Waals surface area contributed by atoms with Gasteiger partial charge in [0.15, 0.2) is 0 Å². The Labute approximate surface area is 144 Å². The van der Waals surface area contributed by atoms with E-state index in [0.29, 0.717) is 12.2 Å². The summed E-state index contributed by atoms with van der Waals surface area (Å²) in [5.74, 6) is 0.232. The van der Waals surface area contributed by atoms with Crippen molar-refractivity contribution in [3.05, 3.63) is 48.0 Å². The fourth-order valence-corrected chi connectivity index (χ4v) is 3.37. The molecule has 2 N–H and O–H groups in total. The molecule has 1 aliphatic rings. The van der Waals surface area contributed by atoms with Gasteiger partial charge in [-0.05, 0) is 48.7 Å². The molecule has 7 nitrogen and oxygen atoms in total. The molecule has 1 aromatic heterocycles. The van der Waals surface area contributed by atoms with E-state index in [0.717, 1.165) is 29.4 Å². The zero-order valence-corrected chi connectivity index (χ0v) is 13.9. The molecule has 3 aromatic rings. The van der Waals surface area contributed by atoms with Crippen molar-refractivity contribution in [1.82, 2.24) is 19.9 Å². The number of aromatic hydroxyl groups is 1. The molecular formula is C18H19N5O2. The van der Waals surface area contributed by atoms with Crippen LogP contribution in [0.3, 0.4) is 0 Å². The van der Waals surface area contributed by atoms with Crippen molar-refractivity contribution in [3.8, 4) is 5.75 Å². The number of carbonyl (C=O) groups excluding carboxylic acids is 1. The number of fused-ring (bicyclic) bond motifs is 1. The van der Waals surface area contributed by atoms with Gasteiger partial charge in [-0.25, -0.2) is 9.48 Å². The van der Waals surface area contributed by atoms with E-state index in [4.69, 9.17) is 0 Å². The molecule has 0 spiro atoms. The van der Waals surface area contributed by atoms with Crippen LogP contribution in [-0.4, -0.2) is 37.6 Å². The number of phenols is 1. The second kappa shape index (κ2) is 6.08. The molecule has 0 aliphatic carbocycles. The summed E-state index contributed by atoms with van der Waals surface area (Å²) in [5.41, 5.74) is 3.40. The molecule has 2 amide bonds. The number of amides is 2. The molecule has 0 saturated carbocycles. The topological polar surface area (TPSA) is 83.3 Å². The van der Waals surface area contributed by atoms with E-state index in [-0.39, 0.29) is 17.8 Å². The summed E-state index contributed by atoms with van der Waals surface area (Å²) in [6, 6.07) is 12.5. The first-order valence-corrected chi connectivity index (χ1v) is 8.28. The Bertz CT molecular complexity index is 919. The van der Waals surface area contributed by atoms with Crippen LogP contribution < -0.4 is 5.32 Å². The van der Waals surface area contributed by atoms with Gasteiger partial charge in [0.25, 0.3) is 0 Å². The maximum Gasteiger partial charge on any atom is 0.322 e. The number of likely N-dealkylation sites (tertiary alicyclic amines) is 1. The van der Waals surface area contributed by atoms with Crippen LogP contribution in [0.1, 0.15) is 24.4 Å². The summed E-state index contributed by atoms with van der Waals surface area (Å²) in [5, 5.41) is 20.5. The predicted molar refractivity (Wildman–Crippen MR) is 94.3 cm³/mol. The van der Waals surface area contributed by atoms with Gasteiger partial charge in [-0.2, -0.15) is 0 Å². The van der Waals surface area contributed by atoms with E-state index in [1.165, 1.54) is 0 Å². The van der Waals surface area contributed by atoms with Crippen LogP contribution >= 0.6 is 0 Å². The Morgan fingerprint density at radius 3 is 2.84 bits per heavy atom. The zero-order valence-electron chi connectivity index (χ0n) is 13.9. The van der Waals surface area contributed by atoms with E-state index < -0.39 is 0 Å². The van der Waals surface area contributed by atoms with Gasteiger partial charge < -0.3 is 15.3 Å². The molecule has 7 heteroatoms. The van der Waals surface area contributed by atoms with Gasteiger partial charge in [-0.3, -0.25) is 0 Å². The number of phenolic OH excluding ortho intramolecular Hbond substituents is 1. The third kappa shape index (κ3) is 2.88. The number of aromatic nitrogens is 3. The van der Waals surface area contributed by atoms with Crippen molar-refractivity contribution < 1.29 is 9.90 Å². The van der Waals surface area contributed by atoms with E-state index in [1.54, 1.807) is 16.8 Å². The number of nitrogens with zero attached hydrogens (tertiary/aromatic N) is 4. The lowest BCUT2D eigenvalue weighted by atomic mass is 10.0. The number of benzene rings is 2. The maximum absolute atomic E-state index is 12.7. The number of anilines is 1. The summed E-state index contributed by atoms with van der Waals surface area (Å²) in [4.78, 5) is 14.6. The lowest BCUT2D eigenvalue weighted by Crippen LogP contribution is -2.34. The molecule has 25 heavy (non-hydrogen) atoms. The van der Waals surface area contributed by atoms with Gasteiger partial charge in [0.05, 0.1) is 11.6 Å². The summed E-state index contributed by atoms with van der Waals surface area (Å²) in [6.45, 7) is 0.713. The molecule has 0 radical (unpaired) electrons. The molecule has 1 aliphatic heterocycles. The molecule has 1 atom stereocenters. The first kappa shape index (κ1) is 15.4. The minimum Gasteiger partial charge on any atom is -0.508 e. The van der Waals surface area contributed by atoms with Gasteiger partial charge in [-0.15, -0.1) is 5.10 Å².